The van der Waals surface area contributed by atoms with Crippen molar-refractivity contribution in [2.24, 2.45) is 0 Å². The molecule has 0 aliphatic rings. The molecule has 0 aromatic heterocycles. The van der Waals surface area contributed by atoms with Crippen LogP contribution < -0.4 is 18.9 Å². The monoisotopic (exact) mass is 64.1 g/mol. The predicted octanol–water partition coefficient (Wildman–Crippen LogP) is -1.30. The fourth-order valence-corrected chi connectivity index (χ4v) is 0. The zero-order valence-corrected chi connectivity index (χ0v) is 3.99. The van der Waals surface area contributed by atoms with Gasteiger partial charge < -0.3 is 1.43 Å². The molecule has 5 heavy (non-hydrogen) atoms. The molecule has 0 N–H and O–H groups in total. The molecule has 0 rings (SSSR count). The Kier molecular flexibility index (Phi) is 15.9. The third kappa shape index (κ3) is 13.2. The normalized spacial score (nSPS) is 5.00. The minimum atomic E-state index is 0. The van der Waals surface area contributed by atoms with Crippen LogP contribution in [0.3, 0.4) is 0 Å². The molecule has 0 unspecified atom stereocenters. The Balaban J connectivity index is -0.0000000450. The Morgan fingerprint density at radius 1 is 2.00 bits per heavy atom. The molecule has 0 bridgehead atoms. The largest absolute Gasteiger partial charge is 1.00 e. The van der Waals surface area contributed by atoms with Gasteiger partial charge in [-0.1, -0.05) is 13.0 Å². The Hall–Kier alpha value is 0.337. The summed E-state index contributed by atoms with van der Waals surface area (Å²) in [4.78, 5) is 0. The van der Waals surface area contributed by atoms with Gasteiger partial charge in [-0.05, 0) is 6.42 Å². The van der Waals surface area contributed by atoms with E-state index in [2.05, 4.69) is 13.5 Å². The van der Waals surface area contributed by atoms with E-state index in [9.17, 15) is 0 Å². The van der Waals surface area contributed by atoms with Crippen molar-refractivity contribution in [1.29, 1.82) is 0 Å². The molecule has 0 radical (unpaired) electrons. The van der Waals surface area contributed by atoms with Crippen LogP contribution in [0.15, 0.2) is 12.7 Å². The van der Waals surface area contributed by atoms with Crippen LogP contribution in [-0.4, -0.2) is 0 Å². The predicted molar refractivity (Wildman–Crippen MR) is 21.6 cm³/mol. The van der Waals surface area contributed by atoms with Crippen LogP contribution in [0.4, 0.5) is 0 Å². The van der Waals surface area contributed by atoms with Crippen LogP contribution in [-0.2, 0) is 0 Å². The first-order chi connectivity index (χ1) is 1.91. The van der Waals surface area contributed by atoms with Gasteiger partial charge in [-0.25, -0.2) is 0 Å². The van der Waals surface area contributed by atoms with E-state index < -0.39 is 0 Å². The molecular weight excluding hydrogens is 55.0 g/mol. The van der Waals surface area contributed by atoms with Gasteiger partial charge >= 0.3 is 18.9 Å². The molecule has 0 heterocycles. The zero-order valence-electron chi connectivity index (χ0n) is 4.99. The van der Waals surface area contributed by atoms with Crippen molar-refractivity contribution in [2.75, 3.05) is 0 Å². The third-order valence-electron chi connectivity index (χ3n) is 0.289. The molecule has 0 nitrogen and oxygen atoms in total. The first-order valence-corrected chi connectivity index (χ1v) is 1.52. The minimum absolute atomic E-state index is 0. The molecular formula is C4H9Li. The summed E-state index contributed by atoms with van der Waals surface area (Å²) in [6.07, 6.45) is 2.96. The Morgan fingerprint density at radius 2 is 2.20 bits per heavy atom. The average Bonchev–Trinajstić information content (AvgIpc) is 1.37. The fourth-order valence-electron chi connectivity index (χ4n) is 0. The van der Waals surface area contributed by atoms with Crippen LogP contribution in [0.1, 0.15) is 14.8 Å². The summed E-state index contributed by atoms with van der Waals surface area (Å²) in [6.45, 7) is 5.54. The van der Waals surface area contributed by atoms with Gasteiger partial charge in [0.1, 0.15) is 0 Å². The SMILES string of the molecule is C=CCC.[H-].[Li+]. The Morgan fingerprint density at radius 3 is 2.20 bits per heavy atom. The molecule has 1 heteroatoms. The Bertz CT molecular complexity index is 21.5. The van der Waals surface area contributed by atoms with Crippen molar-refractivity contribution in [1.82, 2.24) is 0 Å². The minimum Gasteiger partial charge on any atom is -1.00 e. The second-order valence-electron chi connectivity index (χ2n) is 0.697. The second-order valence-corrected chi connectivity index (χ2v) is 0.697. The summed E-state index contributed by atoms with van der Waals surface area (Å²) in [6, 6.07) is 0. The molecule has 0 fully saturated rings. The first-order valence-electron chi connectivity index (χ1n) is 1.52. The van der Waals surface area contributed by atoms with Crippen molar-refractivity contribution >= 4 is 0 Å². The van der Waals surface area contributed by atoms with Crippen molar-refractivity contribution in [3.05, 3.63) is 12.7 Å². The van der Waals surface area contributed by atoms with Crippen molar-refractivity contribution in [2.45, 2.75) is 13.3 Å². The summed E-state index contributed by atoms with van der Waals surface area (Å²) in [5, 5.41) is 0. The molecule has 0 amide bonds. The van der Waals surface area contributed by atoms with E-state index >= 15 is 0 Å². The molecule has 0 spiro atoms. The molecule has 0 atom stereocenters. The van der Waals surface area contributed by atoms with Gasteiger partial charge in [0.2, 0.25) is 0 Å². The van der Waals surface area contributed by atoms with E-state index in [1.807, 2.05) is 6.08 Å². The second kappa shape index (κ2) is 8.84. The summed E-state index contributed by atoms with van der Waals surface area (Å²) in [7, 11) is 0. The maximum atomic E-state index is 3.48. The topological polar surface area (TPSA) is 0 Å². The first kappa shape index (κ1) is 9.02. The number of hydrogen-bond acceptors (Lipinski definition) is 0. The zero-order chi connectivity index (χ0) is 3.41. The fraction of sp³-hybridized carbons (Fsp3) is 0.500. The summed E-state index contributed by atoms with van der Waals surface area (Å²) < 4.78 is 0. The molecule has 0 aliphatic carbocycles. The van der Waals surface area contributed by atoms with Crippen LogP contribution in [0, 0.1) is 0 Å². The van der Waals surface area contributed by atoms with Crippen LogP contribution in [0.5, 0.6) is 0 Å². The number of hydrogen-bond donors (Lipinski definition) is 0. The average molecular weight is 64.1 g/mol. The van der Waals surface area contributed by atoms with Crippen molar-refractivity contribution < 1.29 is 20.3 Å². The van der Waals surface area contributed by atoms with E-state index in [-0.39, 0.29) is 20.3 Å². The summed E-state index contributed by atoms with van der Waals surface area (Å²) in [5.41, 5.74) is 0. The molecule has 0 aromatic carbocycles. The van der Waals surface area contributed by atoms with Crippen LogP contribution >= 0.6 is 0 Å². The maximum Gasteiger partial charge on any atom is 1.00 e. The van der Waals surface area contributed by atoms with Crippen molar-refractivity contribution in [3.8, 4) is 0 Å². The molecule has 26 valence electrons. The number of allylic oxidation sites excluding steroid dienone is 1. The van der Waals surface area contributed by atoms with Crippen LogP contribution in [0.25, 0.3) is 0 Å². The van der Waals surface area contributed by atoms with E-state index in [1.54, 1.807) is 0 Å². The maximum absolute atomic E-state index is 3.48. The number of rotatable bonds is 1. The van der Waals surface area contributed by atoms with Gasteiger partial charge in [0.15, 0.2) is 0 Å². The molecule has 0 saturated heterocycles. The van der Waals surface area contributed by atoms with Gasteiger partial charge in [0, 0.05) is 0 Å². The van der Waals surface area contributed by atoms with Gasteiger partial charge in [-0.3, -0.25) is 0 Å². The summed E-state index contributed by atoms with van der Waals surface area (Å²) in [5.74, 6) is 0. The molecule has 0 saturated carbocycles. The van der Waals surface area contributed by atoms with E-state index in [0.29, 0.717) is 0 Å². The molecule has 0 aromatic rings. The van der Waals surface area contributed by atoms with Crippen molar-refractivity contribution in [3.63, 3.8) is 0 Å². The standard InChI is InChI=1S/C4H8.Li.H/c1-3-4-2;;/h3H,1,4H2,2H3;;/q;+1;-1. The quantitative estimate of drug-likeness (QED) is 0.262. The van der Waals surface area contributed by atoms with Gasteiger partial charge in [0.05, 0.1) is 0 Å². The van der Waals surface area contributed by atoms with E-state index in [1.165, 1.54) is 0 Å². The third-order valence-corrected chi connectivity index (χ3v) is 0.289. The summed E-state index contributed by atoms with van der Waals surface area (Å²) >= 11 is 0. The Labute approximate surface area is 46.9 Å². The van der Waals surface area contributed by atoms with Gasteiger partial charge in [-0.2, -0.15) is 0 Å². The van der Waals surface area contributed by atoms with Crippen LogP contribution in [0.2, 0.25) is 0 Å². The smallest absolute Gasteiger partial charge is 1.00 e. The van der Waals surface area contributed by atoms with E-state index in [0.717, 1.165) is 6.42 Å². The molecule has 0 aliphatic heterocycles. The van der Waals surface area contributed by atoms with Gasteiger partial charge in [-0.15, -0.1) is 6.58 Å². The van der Waals surface area contributed by atoms with E-state index in [4.69, 9.17) is 0 Å². The van der Waals surface area contributed by atoms with Gasteiger partial charge in [0.25, 0.3) is 0 Å².